The van der Waals surface area contributed by atoms with Gasteiger partial charge in [0.1, 0.15) is 11.8 Å². The van der Waals surface area contributed by atoms with Gasteiger partial charge in [0.2, 0.25) is 0 Å². The molecule has 1 aliphatic carbocycles. The van der Waals surface area contributed by atoms with E-state index in [-0.39, 0.29) is 12.1 Å². The normalized spacial score (nSPS) is 15.1. The Morgan fingerprint density at radius 3 is 2.64 bits per heavy atom. The van der Waals surface area contributed by atoms with Crippen LogP contribution in [0.15, 0.2) is 34.9 Å². The van der Waals surface area contributed by atoms with Crippen LogP contribution in [0.5, 0.6) is 0 Å². The molecule has 0 bridgehead atoms. The molecule has 6 nitrogen and oxygen atoms in total. The van der Waals surface area contributed by atoms with Crippen molar-refractivity contribution >= 4 is 11.9 Å². The summed E-state index contributed by atoms with van der Waals surface area (Å²) in [7, 11) is 1.52. The number of aryl methyl sites for hydroxylation is 1. The van der Waals surface area contributed by atoms with Gasteiger partial charge in [-0.25, -0.2) is 4.79 Å². The summed E-state index contributed by atoms with van der Waals surface area (Å²) in [6.07, 6.45) is 4.90. The zero-order valence-electron chi connectivity index (χ0n) is 14.3. The lowest BCUT2D eigenvalue weighted by Gasteiger charge is -2.24. The lowest BCUT2D eigenvalue weighted by molar-refractivity contribution is -0.141. The molecule has 0 aliphatic heterocycles. The minimum Gasteiger partial charge on any atom is -0.480 e. The highest BCUT2D eigenvalue weighted by Gasteiger charge is 2.32. The van der Waals surface area contributed by atoms with Gasteiger partial charge in [-0.05, 0) is 24.8 Å². The SMILES string of the molecule is CN(C(=O)c1noc2c1CCCCC2)C(Cc1ccccc1)C(=O)O. The average molecular weight is 342 g/mol. The Morgan fingerprint density at radius 2 is 1.92 bits per heavy atom. The molecule has 1 aromatic heterocycles. The van der Waals surface area contributed by atoms with Crippen LogP contribution in [0.25, 0.3) is 0 Å². The largest absolute Gasteiger partial charge is 0.480 e. The van der Waals surface area contributed by atoms with E-state index in [1.54, 1.807) is 0 Å². The Balaban J connectivity index is 1.82. The first kappa shape index (κ1) is 17.2. The molecule has 25 heavy (non-hydrogen) atoms. The number of hydrogen-bond donors (Lipinski definition) is 1. The number of hydrogen-bond acceptors (Lipinski definition) is 4. The van der Waals surface area contributed by atoms with Crippen LogP contribution in [-0.4, -0.2) is 40.1 Å². The smallest absolute Gasteiger partial charge is 0.326 e. The molecule has 1 unspecified atom stereocenters. The summed E-state index contributed by atoms with van der Waals surface area (Å²) in [5, 5.41) is 13.5. The van der Waals surface area contributed by atoms with E-state index in [0.29, 0.717) is 0 Å². The van der Waals surface area contributed by atoms with Crippen molar-refractivity contribution in [1.82, 2.24) is 10.1 Å². The van der Waals surface area contributed by atoms with Gasteiger partial charge < -0.3 is 14.5 Å². The third kappa shape index (κ3) is 3.73. The van der Waals surface area contributed by atoms with Gasteiger partial charge in [0, 0.05) is 25.5 Å². The Labute approximate surface area is 146 Å². The maximum atomic E-state index is 12.9. The molecule has 1 aromatic carbocycles. The molecule has 1 N–H and O–H groups in total. The highest BCUT2D eigenvalue weighted by molar-refractivity contribution is 5.96. The van der Waals surface area contributed by atoms with Crippen LogP contribution in [0.3, 0.4) is 0 Å². The first-order valence-electron chi connectivity index (χ1n) is 8.59. The number of benzene rings is 1. The molecule has 1 atom stereocenters. The molecule has 132 valence electrons. The third-order valence-electron chi connectivity index (χ3n) is 4.75. The topological polar surface area (TPSA) is 83.6 Å². The number of nitrogens with zero attached hydrogens (tertiary/aromatic N) is 2. The van der Waals surface area contributed by atoms with Gasteiger partial charge in [0.25, 0.3) is 5.91 Å². The van der Waals surface area contributed by atoms with Crippen LogP contribution in [0.2, 0.25) is 0 Å². The Morgan fingerprint density at radius 1 is 1.20 bits per heavy atom. The summed E-state index contributed by atoms with van der Waals surface area (Å²) in [6.45, 7) is 0. The number of fused-ring (bicyclic) bond motifs is 1. The fraction of sp³-hybridized carbons (Fsp3) is 0.421. The zero-order valence-corrected chi connectivity index (χ0v) is 14.3. The number of aromatic nitrogens is 1. The van der Waals surface area contributed by atoms with Gasteiger partial charge in [-0.15, -0.1) is 0 Å². The quantitative estimate of drug-likeness (QED) is 0.845. The van der Waals surface area contributed by atoms with E-state index in [2.05, 4.69) is 5.16 Å². The molecule has 0 radical (unpaired) electrons. The van der Waals surface area contributed by atoms with Crippen LogP contribution >= 0.6 is 0 Å². The van der Waals surface area contributed by atoms with Crippen molar-refractivity contribution in [3.8, 4) is 0 Å². The molecule has 2 aromatic rings. The average Bonchev–Trinajstić information content (AvgIpc) is 2.87. The van der Waals surface area contributed by atoms with E-state index in [0.717, 1.165) is 49.0 Å². The zero-order chi connectivity index (χ0) is 17.8. The highest BCUT2D eigenvalue weighted by atomic mass is 16.5. The fourth-order valence-electron chi connectivity index (χ4n) is 3.27. The van der Waals surface area contributed by atoms with Crippen LogP contribution in [0.4, 0.5) is 0 Å². The van der Waals surface area contributed by atoms with Crippen molar-refractivity contribution in [2.45, 2.75) is 44.6 Å². The summed E-state index contributed by atoms with van der Waals surface area (Å²) in [5.41, 5.74) is 1.98. The van der Waals surface area contributed by atoms with Gasteiger partial charge in [0.15, 0.2) is 5.69 Å². The number of rotatable bonds is 5. The number of carboxylic acid groups (broad SMARTS) is 1. The number of likely N-dealkylation sites (N-methyl/N-ethyl adjacent to an activating group) is 1. The Hall–Kier alpha value is -2.63. The summed E-state index contributed by atoms with van der Waals surface area (Å²) in [5.74, 6) is -0.659. The van der Waals surface area contributed by atoms with Crippen LogP contribution in [-0.2, 0) is 24.1 Å². The van der Waals surface area contributed by atoms with E-state index in [1.165, 1.54) is 11.9 Å². The van der Waals surface area contributed by atoms with Crippen molar-refractivity contribution in [1.29, 1.82) is 0 Å². The number of carbonyl (C=O) groups is 2. The van der Waals surface area contributed by atoms with E-state index in [9.17, 15) is 14.7 Å². The van der Waals surface area contributed by atoms with E-state index < -0.39 is 17.9 Å². The standard InChI is InChI=1S/C19H22N2O4/c1-21(15(19(23)24)12-13-8-4-2-5-9-13)18(22)17-14-10-6-3-7-11-16(14)25-20-17/h2,4-5,8-9,15H,3,6-7,10-12H2,1H3,(H,23,24). The van der Waals surface area contributed by atoms with Crippen molar-refractivity contribution in [2.75, 3.05) is 7.05 Å². The van der Waals surface area contributed by atoms with Gasteiger partial charge in [0.05, 0.1) is 0 Å². The molecule has 1 heterocycles. The summed E-state index contributed by atoms with van der Waals surface area (Å²) < 4.78 is 5.35. The first-order valence-corrected chi connectivity index (χ1v) is 8.59. The van der Waals surface area contributed by atoms with Crippen LogP contribution in [0.1, 0.15) is 46.6 Å². The number of aliphatic carboxylic acids is 1. The molecule has 1 aliphatic rings. The van der Waals surface area contributed by atoms with Gasteiger partial charge in [-0.1, -0.05) is 41.9 Å². The molecule has 1 amide bonds. The maximum Gasteiger partial charge on any atom is 0.326 e. The van der Waals surface area contributed by atoms with Crippen molar-refractivity contribution in [3.63, 3.8) is 0 Å². The first-order chi connectivity index (χ1) is 12.1. The Kier molecular flexibility index (Phi) is 5.16. The summed E-state index contributed by atoms with van der Waals surface area (Å²) in [6, 6.07) is 8.35. The van der Waals surface area contributed by atoms with E-state index in [4.69, 9.17) is 4.52 Å². The van der Waals surface area contributed by atoms with Crippen LogP contribution in [0, 0.1) is 0 Å². The second kappa shape index (κ2) is 7.51. The second-order valence-electron chi connectivity index (χ2n) is 6.45. The predicted octanol–water partition coefficient (Wildman–Crippen LogP) is 2.71. The number of carboxylic acids is 1. The number of amides is 1. The lowest BCUT2D eigenvalue weighted by Crippen LogP contribution is -2.44. The third-order valence-corrected chi connectivity index (χ3v) is 4.75. The van der Waals surface area contributed by atoms with E-state index >= 15 is 0 Å². The van der Waals surface area contributed by atoms with Gasteiger partial charge in [-0.3, -0.25) is 4.79 Å². The molecule has 3 rings (SSSR count). The molecule has 6 heteroatoms. The molecule has 0 fully saturated rings. The monoisotopic (exact) mass is 342 g/mol. The van der Waals surface area contributed by atoms with Crippen molar-refractivity contribution < 1.29 is 19.2 Å². The minimum atomic E-state index is -1.03. The summed E-state index contributed by atoms with van der Waals surface area (Å²) >= 11 is 0. The predicted molar refractivity (Wildman–Crippen MR) is 91.4 cm³/mol. The molecule has 0 spiro atoms. The maximum absolute atomic E-state index is 12.9. The Bertz CT molecular complexity index is 754. The minimum absolute atomic E-state index is 0.248. The molecule has 0 saturated heterocycles. The van der Waals surface area contributed by atoms with Gasteiger partial charge in [-0.2, -0.15) is 0 Å². The van der Waals surface area contributed by atoms with Crippen LogP contribution < -0.4 is 0 Å². The molecular weight excluding hydrogens is 320 g/mol. The van der Waals surface area contributed by atoms with Crippen molar-refractivity contribution in [3.05, 3.63) is 52.9 Å². The fourth-order valence-corrected chi connectivity index (χ4v) is 3.27. The second-order valence-corrected chi connectivity index (χ2v) is 6.45. The van der Waals surface area contributed by atoms with Gasteiger partial charge >= 0.3 is 5.97 Å². The molecular formula is C19H22N2O4. The number of carbonyl (C=O) groups excluding carboxylic acids is 1. The van der Waals surface area contributed by atoms with E-state index in [1.807, 2.05) is 30.3 Å². The lowest BCUT2D eigenvalue weighted by atomic mass is 10.0. The summed E-state index contributed by atoms with van der Waals surface area (Å²) in [4.78, 5) is 25.9. The van der Waals surface area contributed by atoms with Crippen molar-refractivity contribution in [2.24, 2.45) is 0 Å². The highest BCUT2D eigenvalue weighted by Crippen LogP contribution is 2.25. The molecule has 0 saturated carbocycles.